The number of carbonyl (C=O) groups is 1. The minimum absolute atomic E-state index is 0.0865. The first-order valence-electron chi connectivity index (χ1n) is 6.68. The highest BCUT2D eigenvalue weighted by Crippen LogP contribution is 2.19. The summed E-state index contributed by atoms with van der Waals surface area (Å²) in [6.07, 6.45) is 1.40. The number of nitrogens with zero attached hydrogens (tertiary/aromatic N) is 6. The van der Waals surface area contributed by atoms with Gasteiger partial charge in [-0.1, -0.05) is 35.5 Å². The molecule has 0 fully saturated rings. The smallest absolute Gasteiger partial charge is 0.244 e. The maximum Gasteiger partial charge on any atom is 0.244 e. The molecule has 0 radical (unpaired) electrons. The van der Waals surface area contributed by atoms with E-state index in [4.69, 9.17) is 4.52 Å². The van der Waals surface area contributed by atoms with Crippen molar-refractivity contribution in [3.8, 4) is 11.3 Å². The lowest BCUT2D eigenvalue weighted by Gasteiger charge is -2.14. The molecule has 0 spiro atoms. The van der Waals surface area contributed by atoms with Crippen LogP contribution < -0.4 is 0 Å². The third kappa shape index (κ3) is 3.17. The summed E-state index contributed by atoms with van der Waals surface area (Å²) in [6, 6.07) is 11.5. The zero-order valence-electron chi connectivity index (χ0n) is 12.0. The Morgan fingerprint density at radius 3 is 2.86 bits per heavy atom. The molecule has 0 atom stereocenters. The Morgan fingerprint density at radius 2 is 2.14 bits per heavy atom. The van der Waals surface area contributed by atoms with E-state index >= 15 is 0 Å². The van der Waals surface area contributed by atoms with Crippen molar-refractivity contribution in [3.63, 3.8) is 0 Å². The van der Waals surface area contributed by atoms with Crippen LogP contribution >= 0.6 is 0 Å². The molecule has 0 aliphatic rings. The van der Waals surface area contributed by atoms with Crippen molar-refractivity contribution in [2.24, 2.45) is 0 Å². The molecule has 22 heavy (non-hydrogen) atoms. The van der Waals surface area contributed by atoms with Gasteiger partial charge in [-0.2, -0.15) is 0 Å². The Balaban J connectivity index is 1.63. The predicted octanol–water partition coefficient (Wildman–Crippen LogP) is 0.987. The first kappa shape index (κ1) is 13.9. The lowest BCUT2D eigenvalue weighted by atomic mass is 10.1. The summed E-state index contributed by atoms with van der Waals surface area (Å²) in [7, 11) is 1.69. The van der Waals surface area contributed by atoms with Gasteiger partial charge in [-0.3, -0.25) is 4.79 Å². The second-order valence-corrected chi connectivity index (χ2v) is 4.80. The monoisotopic (exact) mass is 298 g/mol. The molecule has 2 heterocycles. The number of hydrogen-bond donors (Lipinski definition) is 0. The van der Waals surface area contributed by atoms with Crippen LogP contribution in [0.1, 0.15) is 5.76 Å². The van der Waals surface area contributed by atoms with Gasteiger partial charge in [0.2, 0.25) is 5.91 Å². The van der Waals surface area contributed by atoms with Crippen LogP contribution in [0, 0.1) is 0 Å². The van der Waals surface area contributed by atoms with E-state index in [0.717, 1.165) is 11.3 Å². The minimum Gasteiger partial charge on any atom is -0.359 e. The standard InChI is InChI=1S/C14H14N6O2/c1-19(14(21)9-20-10-15-17-18-20)8-12-7-13(16-22-12)11-5-3-2-4-6-11/h2-7,10H,8-9H2,1H3. The van der Waals surface area contributed by atoms with Crippen molar-refractivity contribution in [2.45, 2.75) is 13.1 Å². The number of tetrazole rings is 1. The maximum atomic E-state index is 12.0. The quantitative estimate of drug-likeness (QED) is 0.697. The van der Waals surface area contributed by atoms with Gasteiger partial charge >= 0.3 is 0 Å². The van der Waals surface area contributed by atoms with Gasteiger partial charge in [0, 0.05) is 18.7 Å². The molecule has 8 heteroatoms. The van der Waals surface area contributed by atoms with Crippen molar-refractivity contribution in [3.05, 3.63) is 48.5 Å². The van der Waals surface area contributed by atoms with E-state index in [0.29, 0.717) is 12.3 Å². The highest BCUT2D eigenvalue weighted by molar-refractivity contribution is 5.75. The third-order valence-electron chi connectivity index (χ3n) is 3.14. The van der Waals surface area contributed by atoms with E-state index in [1.165, 1.54) is 15.9 Å². The SMILES string of the molecule is CN(Cc1cc(-c2ccccc2)no1)C(=O)Cn1cnnn1. The van der Waals surface area contributed by atoms with Crippen molar-refractivity contribution in [1.29, 1.82) is 0 Å². The zero-order chi connectivity index (χ0) is 15.4. The number of benzene rings is 1. The number of aromatic nitrogens is 5. The van der Waals surface area contributed by atoms with Gasteiger partial charge < -0.3 is 9.42 Å². The van der Waals surface area contributed by atoms with Gasteiger partial charge in [0.05, 0.1) is 6.54 Å². The molecule has 112 valence electrons. The van der Waals surface area contributed by atoms with Crippen LogP contribution in [0.3, 0.4) is 0 Å². The normalized spacial score (nSPS) is 10.6. The summed E-state index contributed by atoms with van der Waals surface area (Å²) in [5.74, 6) is 0.497. The van der Waals surface area contributed by atoms with Crippen molar-refractivity contribution >= 4 is 5.91 Å². The van der Waals surface area contributed by atoms with Gasteiger partial charge in [0.1, 0.15) is 18.6 Å². The van der Waals surface area contributed by atoms with Crippen LogP contribution in [-0.4, -0.2) is 43.2 Å². The molecule has 8 nitrogen and oxygen atoms in total. The third-order valence-corrected chi connectivity index (χ3v) is 3.14. The van der Waals surface area contributed by atoms with E-state index in [-0.39, 0.29) is 12.5 Å². The first-order chi connectivity index (χ1) is 10.7. The van der Waals surface area contributed by atoms with E-state index in [1.807, 2.05) is 36.4 Å². The van der Waals surface area contributed by atoms with Crippen LogP contribution in [0.25, 0.3) is 11.3 Å². The molecule has 3 rings (SSSR count). The largest absolute Gasteiger partial charge is 0.359 e. The lowest BCUT2D eigenvalue weighted by Crippen LogP contribution is -2.29. The second-order valence-electron chi connectivity index (χ2n) is 4.80. The van der Waals surface area contributed by atoms with Crippen molar-refractivity contribution < 1.29 is 9.32 Å². The van der Waals surface area contributed by atoms with E-state index in [2.05, 4.69) is 20.7 Å². The highest BCUT2D eigenvalue weighted by atomic mass is 16.5. The first-order valence-corrected chi connectivity index (χ1v) is 6.68. The topological polar surface area (TPSA) is 89.9 Å². The summed E-state index contributed by atoms with van der Waals surface area (Å²) in [4.78, 5) is 13.6. The fourth-order valence-electron chi connectivity index (χ4n) is 1.97. The summed E-state index contributed by atoms with van der Waals surface area (Å²) in [5, 5.41) is 14.7. The average molecular weight is 298 g/mol. The number of likely N-dealkylation sites (N-methyl/N-ethyl adjacent to an activating group) is 1. The summed E-state index contributed by atoms with van der Waals surface area (Å²) in [5.41, 5.74) is 1.72. The van der Waals surface area contributed by atoms with Gasteiger partial charge in [-0.25, -0.2) is 4.68 Å². The number of carbonyl (C=O) groups excluding carboxylic acids is 1. The van der Waals surface area contributed by atoms with E-state index < -0.39 is 0 Å². The molecule has 0 aliphatic heterocycles. The average Bonchev–Trinajstić information content (AvgIpc) is 3.20. The Labute approximate surface area is 126 Å². The Bertz CT molecular complexity index is 738. The Morgan fingerprint density at radius 1 is 1.32 bits per heavy atom. The van der Waals surface area contributed by atoms with Gasteiger partial charge in [0.15, 0.2) is 5.76 Å². The molecule has 0 saturated carbocycles. The van der Waals surface area contributed by atoms with E-state index in [1.54, 1.807) is 7.05 Å². The molecule has 0 N–H and O–H groups in total. The summed E-state index contributed by atoms with van der Waals surface area (Å²) < 4.78 is 6.65. The zero-order valence-corrected chi connectivity index (χ0v) is 12.0. The Hall–Kier alpha value is -3.03. The van der Waals surface area contributed by atoms with Crippen molar-refractivity contribution in [1.82, 2.24) is 30.3 Å². The molecule has 0 aliphatic carbocycles. The molecule has 1 amide bonds. The molecular formula is C14H14N6O2. The molecule has 1 aromatic carbocycles. The van der Waals surface area contributed by atoms with E-state index in [9.17, 15) is 4.79 Å². The summed E-state index contributed by atoms with van der Waals surface area (Å²) >= 11 is 0. The lowest BCUT2D eigenvalue weighted by molar-refractivity contribution is -0.131. The second kappa shape index (κ2) is 6.17. The molecule has 0 unspecified atom stereocenters. The molecule has 0 bridgehead atoms. The molecule has 3 aromatic rings. The summed E-state index contributed by atoms with van der Waals surface area (Å²) in [6.45, 7) is 0.421. The van der Waals surface area contributed by atoms with Gasteiger partial charge in [0.25, 0.3) is 0 Å². The molecule has 0 saturated heterocycles. The van der Waals surface area contributed by atoms with Crippen molar-refractivity contribution in [2.75, 3.05) is 7.05 Å². The maximum absolute atomic E-state index is 12.0. The van der Waals surface area contributed by atoms with Gasteiger partial charge in [-0.15, -0.1) is 5.10 Å². The fraction of sp³-hybridized carbons (Fsp3) is 0.214. The predicted molar refractivity (Wildman–Crippen MR) is 76.2 cm³/mol. The van der Waals surface area contributed by atoms with Crippen LogP contribution in [0.2, 0.25) is 0 Å². The van der Waals surface area contributed by atoms with Crippen LogP contribution in [0.15, 0.2) is 47.2 Å². The van der Waals surface area contributed by atoms with Gasteiger partial charge in [-0.05, 0) is 10.4 Å². The number of rotatable bonds is 5. The van der Waals surface area contributed by atoms with Crippen LogP contribution in [0.5, 0.6) is 0 Å². The molecule has 2 aromatic heterocycles. The molecular weight excluding hydrogens is 284 g/mol. The van der Waals surface area contributed by atoms with Crippen LogP contribution in [-0.2, 0) is 17.9 Å². The number of amides is 1. The highest BCUT2D eigenvalue weighted by Gasteiger charge is 2.14. The minimum atomic E-state index is -0.120. The fourth-order valence-corrected chi connectivity index (χ4v) is 1.97. The Kier molecular flexibility index (Phi) is 3.90. The number of hydrogen-bond acceptors (Lipinski definition) is 6. The van der Waals surface area contributed by atoms with Crippen LogP contribution in [0.4, 0.5) is 0 Å².